The van der Waals surface area contributed by atoms with Crippen LogP contribution >= 0.6 is 0 Å². The first kappa shape index (κ1) is 30.9. The van der Waals surface area contributed by atoms with E-state index in [2.05, 4.69) is 9.97 Å². The lowest BCUT2D eigenvalue weighted by Gasteiger charge is -2.34. The molecule has 220 valence electrons. The Hall–Kier alpha value is -3.60. The third-order valence-corrected chi connectivity index (χ3v) is 6.76. The number of aromatic nitrogens is 2. The van der Waals surface area contributed by atoms with Gasteiger partial charge in [-0.1, -0.05) is 0 Å². The lowest BCUT2D eigenvalue weighted by molar-refractivity contribution is -0.138. The topological polar surface area (TPSA) is 214 Å². The summed E-state index contributed by atoms with van der Waals surface area (Å²) in [5.74, 6) is -1.91. The molecule has 0 unspecified atom stereocenters. The maximum absolute atomic E-state index is 12.3. The van der Waals surface area contributed by atoms with E-state index in [1.807, 2.05) is 14.7 Å². The third kappa shape index (κ3) is 9.25. The molecule has 0 aliphatic carbocycles. The predicted molar refractivity (Wildman–Crippen MR) is 141 cm³/mol. The second-order valence-corrected chi connectivity index (χ2v) is 9.69. The zero-order valence-electron chi connectivity index (χ0n) is 22.0. The zero-order chi connectivity index (χ0) is 29.2. The summed E-state index contributed by atoms with van der Waals surface area (Å²) < 4.78 is 0. The van der Waals surface area contributed by atoms with Gasteiger partial charge < -0.3 is 35.6 Å². The van der Waals surface area contributed by atoms with Gasteiger partial charge >= 0.3 is 5.97 Å². The molecule has 0 atom stereocenters. The third-order valence-electron chi connectivity index (χ3n) is 6.76. The quantitative estimate of drug-likeness (QED) is 0.130. The minimum atomic E-state index is -1.60. The van der Waals surface area contributed by atoms with Gasteiger partial charge in [-0.15, -0.1) is 0 Å². The van der Waals surface area contributed by atoms with Crippen LogP contribution in [0.5, 0.6) is 17.4 Å². The molecule has 15 nitrogen and oxygen atoms in total. The summed E-state index contributed by atoms with van der Waals surface area (Å²) in [6.45, 7) is 2.60. The number of benzene rings is 1. The van der Waals surface area contributed by atoms with Gasteiger partial charge in [-0.25, -0.2) is 4.98 Å². The van der Waals surface area contributed by atoms with Gasteiger partial charge in [-0.05, 0) is 12.1 Å². The number of phenolic OH excluding ortho intramolecular Hbond substituents is 2. The van der Waals surface area contributed by atoms with Crippen molar-refractivity contribution in [1.82, 2.24) is 29.6 Å². The van der Waals surface area contributed by atoms with Crippen LogP contribution in [-0.2, 0) is 17.9 Å². The molecule has 40 heavy (non-hydrogen) atoms. The molecule has 15 heteroatoms. The van der Waals surface area contributed by atoms with Crippen LogP contribution in [0, 0.1) is 0 Å². The van der Waals surface area contributed by atoms with E-state index in [9.17, 15) is 45.0 Å². The number of nitrogens with zero attached hydrogens (tertiary/aromatic N) is 5. The number of carboxylic acids is 1. The van der Waals surface area contributed by atoms with E-state index in [0.717, 1.165) is 6.33 Å². The fourth-order valence-corrected chi connectivity index (χ4v) is 4.56. The number of aliphatic hydroxyl groups excluding tert-OH is 1. The van der Waals surface area contributed by atoms with Gasteiger partial charge in [-0.2, -0.15) is 0 Å². The summed E-state index contributed by atoms with van der Waals surface area (Å²) >= 11 is 0. The molecule has 1 saturated heterocycles. The van der Waals surface area contributed by atoms with Crippen molar-refractivity contribution in [2.75, 3.05) is 65.4 Å². The SMILES string of the molecule is O=Cc1cc(O)c(CN2CCN(CC(=O)O)CCN(Cc3c(O)nc[nH]c3=O)CCN(CC(O)O)CC2)c(O)c1. The zero-order valence-corrected chi connectivity index (χ0v) is 22.0. The molecule has 1 aromatic heterocycles. The Bertz CT molecular complexity index is 1180. The average Bonchev–Trinajstić information content (AvgIpc) is 2.88. The van der Waals surface area contributed by atoms with Crippen LogP contribution in [-0.4, -0.2) is 144 Å². The summed E-state index contributed by atoms with van der Waals surface area (Å²) in [5, 5.41) is 59.7. The number of hydrogen-bond donors (Lipinski definition) is 7. The minimum Gasteiger partial charge on any atom is -0.507 e. The van der Waals surface area contributed by atoms with Crippen LogP contribution in [0.1, 0.15) is 21.5 Å². The standard InChI is InChI=1S/C25H36N6O9/c32-15-17-9-20(33)18(21(34)10-17)11-28-1-5-30(13-22(35)36)7-3-29(4-8-31(6-2-28)14-23(37)38)12-19-24(39)26-16-27-25(19)40/h9-10,15-16,22,33-36H,1-8,11-14H2,(H,37,38)(H2,26,27,39,40). The number of hydrogen-bond acceptors (Lipinski definition) is 13. The van der Waals surface area contributed by atoms with Crippen LogP contribution in [0.3, 0.4) is 0 Å². The predicted octanol–water partition coefficient (Wildman–Crippen LogP) is -1.98. The van der Waals surface area contributed by atoms with Crippen molar-refractivity contribution >= 4 is 12.3 Å². The Morgan fingerprint density at radius 3 is 1.85 bits per heavy atom. The average molecular weight is 565 g/mol. The number of β-amino-alcohol motifs (C(OH)–C–C–N with tert-alkyl or cyclic N) is 2. The van der Waals surface area contributed by atoms with Crippen molar-refractivity contribution in [3.05, 3.63) is 45.5 Å². The molecule has 0 spiro atoms. The number of aliphatic hydroxyl groups is 2. The van der Waals surface area contributed by atoms with Gasteiger partial charge in [0.1, 0.15) is 17.8 Å². The fraction of sp³-hybridized carbons (Fsp3) is 0.520. The van der Waals surface area contributed by atoms with Crippen LogP contribution < -0.4 is 5.56 Å². The Kier molecular flexibility index (Phi) is 11.4. The van der Waals surface area contributed by atoms with Crippen molar-refractivity contribution in [3.63, 3.8) is 0 Å². The Balaban J connectivity index is 1.83. The Labute approximate surface area is 230 Å². The number of carbonyl (C=O) groups excluding carboxylic acids is 1. The minimum absolute atomic E-state index is 0.0485. The number of carboxylic acid groups (broad SMARTS) is 1. The molecular formula is C25H36N6O9. The van der Waals surface area contributed by atoms with E-state index in [-0.39, 0.29) is 54.4 Å². The van der Waals surface area contributed by atoms with Crippen molar-refractivity contribution < 1.29 is 40.2 Å². The maximum Gasteiger partial charge on any atom is 0.317 e. The van der Waals surface area contributed by atoms with Crippen LogP contribution in [0.2, 0.25) is 0 Å². The molecule has 2 aromatic rings. The lowest BCUT2D eigenvalue weighted by atomic mass is 10.1. The number of aldehydes is 1. The smallest absolute Gasteiger partial charge is 0.317 e. The highest BCUT2D eigenvalue weighted by Gasteiger charge is 2.22. The number of carbonyl (C=O) groups is 2. The van der Waals surface area contributed by atoms with Gasteiger partial charge in [0.25, 0.3) is 5.56 Å². The highest BCUT2D eigenvalue weighted by molar-refractivity contribution is 5.77. The summed E-state index contributed by atoms with van der Waals surface area (Å²) in [4.78, 5) is 48.4. The number of rotatable bonds is 9. The molecule has 0 saturated carbocycles. The molecule has 7 N–H and O–H groups in total. The molecule has 0 bridgehead atoms. The van der Waals surface area contributed by atoms with Gasteiger partial charge in [0.2, 0.25) is 5.88 Å². The van der Waals surface area contributed by atoms with Crippen molar-refractivity contribution in [3.8, 4) is 17.4 Å². The summed E-state index contributed by atoms with van der Waals surface area (Å²) in [5.41, 5.74) is -0.0929. The molecular weight excluding hydrogens is 528 g/mol. The monoisotopic (exact) mass is 564 g/mol. The number of H-pyrrole nitrogens is 1. The lowest BCUT2D eigenvalue weighted by Crippen LogP contribution is -2.48. The van der Waals surface area contributed by atoms with Crippen LogP contribution in [0.15, 0.2) is 23.3 Å². The molecule has 1 aliphatic rings. The van der Waals surface area contributed by atoms with E-state index in [1.54, 1.807) is 4.90 Å². The van der Waals surface area contributed by atoms with Crippen molar-refractivity contribution in [2.45, 2.75) is 19.4 Å². The van der Waals surface area contributed by atoms with E-state index < -0.39 is 23.7 Å². The summed E-state index contributed by atoms with van der Waals surface area (Å²) in [6.07, 6.45) is 0.00411. The largest absolute Gasteiger partial charge is 0.507 e. The number of aromatic amines is 1. The number of aromatic hydroxyl groups is 3. The highest BCUT2D eigenvalue weighted by Crippen LogP contribution is 2.29. The van der Waals surface area contributed by atoms with E-state index in [4.69, 9.17) is 0 Å². The molecule has 0 amide bonds. The van der Waals surface area contributed by atoms with Gasteiger partial charge in [-0.3, -0.25) is 34.0 Å². The normalized spacial score (nSPS) is 17.4. The molecule has 2 heterocycles. The van der Waals surface area contributed by atoms with Crippen molar-refractivity contribution in [2.24, 2.45) is 0 Å². The second kappa shape index (κ2) is 14.7. The van der Waals surface area contributed by atoms with E-state index in [1.165, 1.54) is 12.1 Å². The summed E-state index contributed by atoms with van der Waals surface area (Å²) in [7, 11) is 0. The first-order valence-electron chi connectivity index (χ1n) is 12.8. The highest BCUT2D eigenvalue weighted by atomic mass is 16.5. The fourth-order valence-electron chi connectivity index (χ4n) is 4.56. The Morgan fingerprint density at radius 2 is 1.38 bits per heavy atom. The number of phenols is 2. The van der Waals surface area contributed by atoms with Crippen LogP contribution in [0.4, 0.5) is 0 Å². The summed E-state index contributed by atoms with van der Waals surface area (Å²) in [6, 6.07) is 2.51. The van der Waals surface area contributed by atoms with Gasteiger partial charge in [0, 0.05) is 83.1 Å². The molecule has 1 aliphatic heterocycles. The first-order chi connectivity index (χ1) is 19.0. The molecule has 3 rings (SSSR count). The number of nitrogens with one attached hydrogen (secondary N) is 1. The molecule has 1 aromatic carbocycles. The van der Waals surface area contributed by atoms with Crippen molar-refractivity contribution in [1.29, 1.82) is 0 Å². The molecule has 1 fully saturated rings. The number of aliphatic carboxylic acids is 1. The van der Waals surface area contributed by atoms with Gasteiger partial charge in [0.05, 0.1) is 18.4 Å². The van der Waals surface area contributed by atoms with Gasteiger partial charge in [0.15, 0.2) is 6.29 Å². The van der Waals surface area contributed by atoms with Crippen LogP contribution in [0.25, 0.3) is 0 Å². The van der Waals surface area contributed by atoms with E-state index in [0.29, 0.717) is 58.6 Å². The molecule has 0 radical (unpaired) electrons. The Morgan fingerprint density at radius 1 is 0.875 bits per heavy atom. The second-order valence-electron chi connectivity index (χ2n) is 9.69. The first-order valence-corrected chi connectivity index (χ1v) is 12.8. The maximum atomic E-state index is 12.3. The van der Waals surface area contributed by atoms with E-state index >= 15 is 0 Å².